The number of carbonyl (C=O) groups is 3. The first-order chi connectivity index (χ1) is 19.4. The number of hydrogen-bond donors (Lipinski definition) is 0. The van der Waals surface area contributed by atoms with Crippen molar-refractivity contribution in [3.63, 3.8) is 0 Å². The van der Waals surface area contributed by atoms with E-state index in [4.69, 9.17) is 9.57 Å². The van der Waals surface area contributed by atoms with Crippen LogP contribution in [-0.2, 0) is 14.4 Å². The fraction of sp³-hybridized carbons (Fsp3) is 0.100. The highest BCUT2D eigenvalue weighted by molar-refractivity contribution is 6.24. The highest BCUT2D eigenvalue weighted by Gasteiger charge is 2.60. The van der Waals surface area contributed by atoms with Gasteiger partial charge in [-0.1, -0.05) is 48.5 Å². The minimum atomic E-state index is -1.09. The molecule has 10 nitrogen and oxygen atoms in total. The molecule has 0 saturated carbocycles. The van der Waals surface area contributed by atoms with Crippen molar-refractivity contribution >= 4 is 34.8 Å². The van der Waals surface area contributed by atoms with Crippen molar-refractivity contribution in [2.45, 2.75) is 12.1 Å². The Kier molecular flexibility index (Phi) is 6.29. The number of ether oxygens (including phenoxy) is 1. The van der Waals surface area contributed by atoms with Crippen molar-refractivity contribution in [2.24, 2.45) is 5.92 Å². The molecular weight excluding hydrogens is 514 g/mol. The summed E-state index contributed by atoms with van der Waals surface area (Å²) in [5, 5.41) is 12.6. The first-order valence-electron chi connectivity index (χ1n) is 12.4. The number of amides is 2. The van der Waals surface area contributed by atoms with Gasteiger partial charge >= 0.3 is 5.97 Å². The molecule has 2 fully saturated rings. The molecule has 0 bridgehead atoms. The maximum atomic E-state index is 13.7. The molecule has 2 heterocycles. The molecule has 6 rings (SSSR count). The zero-order valence-electron chi connectivity index (χ0n) is 20.8. The van der Waals surface area contributed by atoms with Crippen LogP contribution in [0.3, 0.4) is 0 Å². The van der Waals surface area contributed by atoms with Gasteiger partial charge in [-0.2, -0.15) is 0 Å². The van der Waals surface area contributed by atoms with E-state index in [9.17, 15) is 24.5 Å². The molecule has 0 radical (unpaired) electrons. The maximum Gasteiger partial charge on any atom is 0.343 e. The van der Waals surface area contributed by atoms with E-state index in [0.29, 0.717) is 22.6 Å². The van der Waals surface area contributed by atoms with Crippen LogP contribution in [0.25, 0.3) is 0 Å². The summed E-state index contributed by atoms with van der Waals surface area (Å²) in [4.78, 5) is 57.3. The predicted molar refractivity (Wildman–Crippen MR) is 143 cm³/mol. The summed E-state index contributed by atoms with van der Waals surface area (Å²) in [6.45, 7) is 0. The number of fused-ring (bicyclic) bond motifs is 1. The van der Waals surface area contributed by atoms with Gasteiger partial charge in [-0.05, 0) is 54.1 Å². The van der Waals surface area contributed by atoms with E-state index < -0.39 is 40.8 Å². The van der Waals surface area contributed by atoms with Gasteiger partial charge in [0.1, 0.15) is 11.7 Å². The highest BCUT2D eigenvalue weighted by atomic mass is 16.7. The standard InChI is InChI=1S/C30H21N3O7/c34-28-25-26(19-11-17-24(18-12-19)39-30(36)20-7-3-1-4-8-20)32(22-9-5-2-6-10-22)40-27(25)29(35)31(28)21-13-15-23(16-14-21)33(37)38/h1-18,25-27H/t25-,26-,27-/m1/s1. The molecule has 2 saturated heterocycles. The molecule has 0 aliphatic carbocycles. The second-order valence-electron chi connectivity index (χ2n) is 9.27. The molecule has 0 N–H and O–H groups in total. The number of anilines is 2. The van der Waals surface area contributed by atoms with Crippen LogP contribution in [0.1, 0.15) is 22.0 Å². The van der Waals surface area contributed by atoms with Crippen LogP contribution in [0.2, 0.25) is 0 Å². The molecule has 0 aromatic heterocycles. The largest absolute Gasteiger partial charge is 0.423 e. The van der Waals surface area contributed by atoms with Gasteiger partial charge < -0.3 is 4.74 Å². The van der Waals surface area contributed by atoms with Crippen LogP contribution >= 0.6 is 0 Å². The molecule has 0 spiro atoms. The van der Waals surface area contributed by atoms with Crippen LogP contribution < -0.4 is 14.7 Å². The van der Waals surface area contributed by atoms with Crippen LogP contribution in [0.4, 0.5) is 17.1 Å². The number of imide groups is 1. The lowest BCUT2D eigenvalue weighted by Gasteiger charge is -2.28. The number of para-hydroxylation sites is 1. The Balaban J connectivity index is 1.32. The fourth-order valence-electron chi connectivity index (χ4n) is 5.00. The number of esters is 1. The molecular formula is C30H21N3O7. The summed E-state index contributed by atoms with van der Waals surface area (Å²) in [7, 11) is 0. The third-order valence-electron chi connectivity index (χ3n) is 6.89. The molecule has 198 valence electrons. The van der Waals surface area contributed by atoms with Gasteiger partial charge in [0.2, 0.25) is 5.91 Å². The number of benzene rings is 4. The smallest absolute Gasteiger partial charge is 0.343 e. The Morgan fingerprint density at radius 3 is 2.02 bits per heavy atom. The number of hydroxylamine groups is 1. The van der Waals surface area contributed by atoms with E-state index in [-0.39, 0.29) is 11.4 Å². The first kappa shape index (κ1) is 25.0. The number of rotatable bonds is 6. The zero-order valence-corrected chi connectivity index (χ0v) is 20.8. The van der Waals surface area contributed by atoms with Gasteiger partial charge in [-0.3, -0.25) is 24.5 Å². The Morgan fingerprint density at radius 2 is 1.40 bits per heavy atom. The lowest BCUT2D eigenvalue weighted by Crippen LogP contribution is -2.37. The van der Waals surface area contributed by atoms with Gasteiger partial charge in [-0.25, -0.2) is 14.8 Å². The molecule has 2 amide bonds. The average Bonchev–Trinajstić information content (AvgIpc) is 3.50. The molecule has 4 aromatic carbocycles. The van der Waals surface area contributed by atoms with Crippen molar-refractivity contribution in [3.8, 4) is 5.75 Å². The van der Waals surface area contributed by atoms with Crippen LogP contribution in [0.15, 0.2) is 109 Å². The van der Waals surface area contributed by atoms with E-state index in [1.54, 1.807) is 59.7 Å². The fourth-order valence-corrected chi connectivity index (χ4v) is 5.00. The van der Waals surface area contributed by atoms with E-state index in [1.165, 1.54) is 24.3 Å². The number of non-ortho nitro benzene ring substituents is 1. The van der Waals surface area contributed by atoms with Gasteiger partial charge in [0.25, 0.3) is 11.6 Å². The Hall–Kier alpha value is -5.35. The van der Waals surface area contributed by atoms with Crippen molar-refractivity contribution in [3.05, 3.63) is 130 Å². The molecule has 10 heteroatoms. The van der Waals surface area contributed by atoms with Crippen molar-refractivity contribution < 1.29 is 28.9 Å². The van der Waals surface area contributed by atoms with Gasteiger partial charge in [-0.15, -0.1) is 0 Å². The van der Waals surface area contributed by atoms with E-state index in [1.807, 2.05) is 30.3 Å². The molecule has 2 aliphatic rings. The zero-order chi connectivity index (χ0) is 27.8. The number of nitrogens with zero attached hydrogens (tertiary/aromatic N) is 3. The number of hydrogen-bond acceptors (Lipinski definition) is 8. The average molecular weight is 536 g/mol. The van der Waals surface area contributed by atoms with Crippen molar-refractivity contribution in [1.82, 2.24) is 0 Å². The Bertz CT molecular complexity index is 1590. The molecule has 4 aromatic rings. The third kappa shape index (κ3) is 4.36. The maximum absolute atomic E-state index is 13.7. The van der Waals surface area contributed by atoms with Crippen LogP contribution in [0.5, 0.6) is 5.75 Å². The quantitative estimate of drug-likeness (QED) is 0.113. The Morgan fingerprint density at radius 1 is 0.775 bits per heavy atom. The lowest BCUT2D eigenvalue weighted by atomic mass is 9.90. The number of nitro groups is 1. The van der Waals surface area contributed by atoms with Crippen molar-refractivity contribution in [1.29, 1.82) is 0 Å². The summed E-state index contributed by atoms with van der Waals surface area (Å²) < 4.78 is 5.49. The minimum absolute atomic E-state index is 0.152. The highest BCUT2D eigenvalue weighted by Crippen LogP contribution is 2.47. The van der Waals surface area contributed by atoms with E-state index in [2.05, 4.69) is 0 Å². The van der Waals surface area contributed by atoms with Crippen LogP contribution in [-0.4, -0.2) is 28.8 Å². The molecule has 0 unspecified atom stereocenters. The van der Waals surface area contributed by atoms with Crippen LogP contribution in [0, 0.1) is 16.0 Å². The normalized spacial score (nSPS) is 19.9. The molecule has 3 atom stereocenters. The summed E-state index contributed by atoms with van der Waals surface area (Å²) in [6, 6.07) is 29.0. The summed E-state index contributed by atoms with van der Waals surface area (Å²) in [5.41, 5.74) is 1.81. The summed E-state index contributed by atoms with van der Waals surface area (Å²) in [5.74, 6) is -2.10. The minimum Gasteiger partial charge on any atom is -0.423 e. The number of nitro benzene ring substituents is 1. The predicted octanol–water partition coefficient (Wildman–Crippen LogP) is 4.87. The summed E-state index contributed by atoms with van der Waals surface area (Å²) >= 11 is 0. The van der Waals surface area contributed by atoms with E-state index in [0.717, 1.165) is 4.90 Å². The number of carbonyl (C=O) groups excluding carboxylic acids is 3. The first-order valence-corrected chi connectivity index (χ1v) is 12.4. The SMILES string of the molecule is O=C(Oc1ccc([C@@H]2[C@H]3C(=O)N(c4ccc([N+](=O)[O-])cc4)C(=O)[C@@H]3ON2c2ccccc2)cc1)c1ccccc1. The molecule has 2 aliphatic heterocycles. The van der Waals surface area contributed by atoms with Gasteiger partial charge in [0.15, 0.2) is 6.10 Å². The monoisotopic (exact) mass is 535 g/mol. The lowest BCUT2D eigenvalue weighted by molar-refractivity contribution is -0.384. The van der Waals surface area contributed by atoms with Gasteiger partial charge in [0.05, 0.1) is 27.9 Å². The summed E-state index contributed by atoms with van der Waals surface area (Å²) in [6.07, 6.45) is -1.09. The van der Waals surface area contributed by atoms with Gasteiger partial charge in [0, 0.05) is 12.1 Å². The second kappa shape index (κ2) is 10.1. The Labute approximate surface area is 228 Å². The third-order valence-corrected chi connectivity index (χ3v) is 6.89. The van der Waals surface area contributed by atoms with E-state index >= 15 is 0 Å². The topological polar surface area (TPSA) is 119 Å². The van der Waals surface area contributed by atoms with Crippen molar-refractivity contribution in [2.75, 3.05) is 9.96 Å². The second-order valence-corrected chi connectivity index (χ2v) is 9.27. The molecule has 40 heavy (non-hydrogen) atoms.